The van der Waals surface area contributed by atoms with Gasteiger partial charge in [0, 0.05) is 16.6 Å². The van der Waals surface area contributed by atoms with Gasteiger partial charge >= 0.3 is 0 Å². The molecule has 2 aromatic rings. The molecule has 0 aliphatic heterocycles. The average molecular weight is 289 g/mol. The van der Waals surface area contributed by atoms with Crippen molar-refractivity contribution in [1.29, 1.82) is 5.41 Å². The summed E-state index contributed by atoms with van der Waals surface area (Å²) in [5.41, 5.74) is 7.23. The van der Waals surface area contributed by atoms with Gasteiger partial charge < -0.3 is 5.73 Å². The number of halogens is 3. The predicted octanol–water partition coefficient (Wildman–Crippen LogP) is 3.79. The molecule has 2 rings (SSSR count). The van der Waals surface area contributed by atoms with Crippen LogP contribution in [0.1, 0.15) is 11.3 Å². The van der Waals surface area contributed by atoms with E-state index in [2.05, 4.69) is 4.98 Å². The molecule has 1 heterocycles. The van der Waals surface area contributed by atoms with Crippen LogP contribution in [0, 0.1) is 12.3 Å². The number of nitrogens with one attached hydrogen (secondary N) is 1. The summed E-state index contributed by atoms with van der Waals surface area (Å²) in [5.74, 6) is -0.0965. The quantitative estimate of drug-likeness (QED) is 0.476. The number of aromatic nitrogens is 1. The maximum atomic E-state index is 7.56. The van der Waals surface area contributed by atoms with Gasteiger partial charge in [0.05, 0.1) is 20.6 Å². The first-order valence-corrected chi connectivity index (χ1v) is 5.84. The fourth-order valence-electron chi connectivity index (χ4n) is 1.64. The van der Waals surface area contributed by atoms with Crippen LogP contribution in [0.25, 0.3) is 10.9 Å². The second-order valence-electron chi connectivity index (χ2n) is 3.60. The molecule has 1 aromatic carbocycles. The highest BCUT2D eigenvalue weighted by Crippen LogP contribution is 2.36. The summed E-state index contributed by atoms with van der Waals surface area (Å²) in [5, 5.41) is 9.09. The Morgan fingerprint density at radius 3 is 2.47 bits per heavy atom. The molecule has 0 amide bonds. The number of fused-ring (bicyclic) bond motifs is 1. The van der Waals surface area contributed by atoms with Crippen LogP contribution < -0.4 is 5.73 Å². The summed E-state index contributed by atoms with van der Waals surface area (Å²) in [4.78, 5) is 4.29. The third-order valence-corrected chi connectivity index (χ3v) is 3.42. The molecule has 0 radical (unpaired) electrons. The first-order chi connectivity index (χ1) is 7.91. The molecule has 88 valence electrons. The molecule has 0 unspecified atom stereocenters. The number of benzene rings is 1. The second-order valence-corrected chi connectivity index (χ2v) is 4.80. The van der Waals surface area contributed by atoms with Gasteiger partial charge in [0.2, 0.25) is 0 Å². The fourth-order valence-corrected chi connectivity index (χ4v) is 2.39. The van der Waals surface area contributed by atoms with Gasteiger partial charge in [0.15, 0.2) is 0 Å². The third kappa shape index (κ3) is 2.06. The first kappa shape index (κ1) is 12.4. The van der Waals surface area contributed by atoms with E-state index in [9.17, 15) is 0 Å². The van der Waals surface area contributed by atoms with Crippen molar-refractivity contribution in [3.63, 3.8) is 0 Å². The van der Waals surface area contributed by atoms with Gasteiger partial charge in [0.1, 0.15) is 5.84 Å². The Bertz CT molecular complexity index is 638. The second kappa shape index (κ2) is 4.33. The summed E-state index contributed by atoms with van der Waals surface area (Å²) in [6.07, 6.45) is 0. The van der Waals surface area contributed by atoms with Crippen LogP contribution in [-0.4, -0.2) is 10.8 Å². The van der Waals surface area contributed by atoms with Crippen LogP contribution in [0.5, 0.6) is 0 Å². The molecule has 0 spiro atoms. The zero-order valence-corrected chi connectivity index (χ0v) is 11.1. The van der Waals surface area contributed by atoms with E-state index in [0.717, 1.165) is 0 Å². The molecule has 1 aromatic heterocycles. The summed E-state index contributed by atoms with van der Waals surface area (Å²) >= 11 is 18.1. The minimum absolute atomic E-state index is 0.0965. The van der Waals surface area contributed by atoms with Crippen molar-refractivity contribution in [3.05, 3.63) is 38.5 Å². The topological polar surface area (TPSA) is 62.8 Å². The number of aryl methyl sites for hydroxylation is 1. The minimum atomic E-state index is -0.0965. The van der Waals surface area contributed by atoms with Crippen molar-refractivity contribution in [2.45, 2.75) is 6.92 Å². The van der Waals surface area contributed by atoms with Gasteiger partial charge in [-0.25, -0.2) is 0 Å². The molecule has 0 bridgehead atoms. The average Bonchev–Trinajstić information content (AvgIpc) is 2.25. The van der Waals surface area contributed by atoms with Gasteiger partial charge in [0.25, 0.3) is 0 Å². The molecule has 3 N–H and O–H groups in total. The number of rotatable bonds is 1. The molecule has 0 fully saturated rings. The van der Waals surface area contributed by atoms with Crippen molar-refractivity contribution < 1.29 is 0 Å². The van der Waals surface area contributed by atoms with Crippen LogP contribution in [0.4, 0.5) is 0 Å². The van der Waals surface area contributed by atoms with E-state index in [4.69, 9.17) is 45.9 Å². The van der Waals surface area contributed by atoms with Gasteiger partial charge in [-0.05, 0) is 19.1 Å². The highest BCUT2D eigenvalue weighted by molar-refractivity contribution is 6.48. The molecule has 17 heavy (non-hydrogen) atoms. The predicted molar refractivity (Wildman–Crippen MR) is 72.5 cm³/mol. The summed E-state index contributed by atoms with van der Waals surface area (Å²) in [6.45, 7) is 1.80. The van der Waals surface area contributed by atoms with Crippen LogP contribution in [0.2, 0.25) is 15.1 Å². The lowest BCUT2D eigenvalue weighted by Gasteiger charge is -2.10. The lowest BCUT2D eigenvalue weighted by atomic mass is 10.1. The number of pyridine rings is 1. The smallest absolute Gasteiger partial charge is 0.123 e. The lowest BCUT2D eigenvalue weighted by Crippen LogP contribution is -2.12. The summed E-state index contributed by atoms with van der Waals surface area (Å²) < 4.78 is 0. The van der Waals surface area contributed by atoms with Gasteiger partial charge in [-0.15, -0.1) is 0 Å². The van der Waals surface area contributed by atoms with E-state index >= 15 is 0 Å². The maximum absolute atomic E-state index is 7.56. The fraction of sp³-hybridized carbons (Fsp3) is 0.0909. The Kier molecular flexibility index (Phi) is 3.17. The van der Waals surface area contributed by atoms with E-state index in [1.165, 1.54) is 6.07 Å². The molecular weight excluding hydrogens is 281 g/mol. The van der Waals surface area contributed by atoms with Gasteiger partial charge in [-0.3, -0.25) is 10.4 Å². The Hall–Kier alpha value is -1.03. The molecule has 0 atom stereocenters. The number of nitrogens with zero attached hydrogens (tertiary/aromatic N) is 1. The molecular formula is C11H8Cl3N3. The van der Waals surface area contributed by atoms with Crippen LogP contribution in [0.15, 0.2) is 12.1 Å². The molecule has 0 aliphatic carbocycles. The molecule has 0 saturated heterocycles. The van der Waals surface area contributed by atoms with Crippen molar-refractivity contribution in [3.8, 4) is 0 Å². The van der Waals surface area contributed by atoms with Crippen LogP contribution in [0.3, 0.4) is 0 Å². The Morgan fingerprint density at radius 1 is 1.24 bits per heavy atom. The Labute approximate surface area is 113 Å². The third-order valence-electron chi connectivity index (χ3n) is 2.35. The van der Waals surface area contributed by atoms with E-state index in [-0.39, 0.29) is 5.84 Å². The molecule has 3 nitrogen and oxygen atoms in total. The number of nitrogen functional groups attached to an aromatic ring is 1. The van der Waals surface area contributed by atoms with Crippen molar-refractivity contribution >= 4 is 51.5 Å². The standard InChI is InChI=1S/C11H8Cl3N3/c1-4-2-5(11(15)16)8-9(14)6(12)3-7(13)10(8)17-4/h2-3H,1H3,(H3,15,16). The van der Waals surface area contributed by atoms with Gasteiger partial charge in [-0.1, -0.05) is 34.8 Å². The number of hydrogen-bond acceptors (Lipinski definition) is 2. The van der Waals surface area contributed by atoms with E-state index in [0.29, 0.717) is 37.2 Å². The van der Waals surface area contributed by atoms with Crippen molar-refractivity contribution in [1.82, 2.24) is 4.98 Å². The van der Waals surface area contributed by atoms with Crippen molar-refractivity contribution in [2.75, 3.05) is 0 Å². The Balaban J connectivity index is 3.05. The number of amidine groups is 1. The highest BCUT2D eigenvalue weighted by atomic mass is 35.5. The summed E-state index contributed by atoms with van der Waals surface area (Å²) in [7, 11) is 0. The normalized spacial score (nSPS) is 10.8. The monoisotopic (exact) mass is 287 g/mol. The SMILES string of the molecule is Cc1cc(C(=N)N)c2c(Cl)c(Cl)cc(Cl)c2n1. The number of hydrogen-bond donors (Lipinski definition) is 2. The minimum Gasteiger partial charge on any atom is -0.384 e. The highest BCUT2D eigenvalue weighted by Gasteiger charge is 2.15. The van der Waals surface area contributed by atoms with Crippen molar-refractivity contribution in [2.24, 2.45) is 5.73 Å². The lowest BCUT2D eigenvalue weighted by molar-refractivity contribution is 1.24. The largest absolute Gasteiger partial charge is 0.384 e. The number of nitrogens with two attached hydrogens (primary N) is 1. The van der Waals surface area contributed by atoms with Crippen LogP contribution >= 0.6 is 34.8 Å². The van der Waals surface area contributed by atoms with Crippen LogP contribution in [-0.2, 0) is 0 Å². The zero-order chi connectivity index (χ0) is 12.7. The van der Waals surface area contributed by atoms with E-state index in [1.54, 1.807) is 13.0 Å². The summed E-state index contributed by atoms with van der Waals surface area (Å²) in [6, 6.07) is 3.22. The van der Waals surface area contributed by atoms with E-state index < -0.39 is 0 Å². The first-order valence-electron chi connectivity index (χ1n) is 4.71. The molecule has 6 heteroatoms. The molecule has 0 aliphatic rings. The van der Waals surface area contributed by atoms with E-state index in [1.807, 2.05) is 0 Å². The molecule has 0 saturated carbocycles. The Morgan fingerprint density at radius 2 is 1.88 bits per heavy atom. The maximum Gasteiger partial charge on any atom is 0.123 e. The zero-order valence-electron chi connectivity index (χ0n) is 8.81. The van der Waals surface area contributed by atoms with Gasteiger partial charge in [-0.2, -0.15) is 0 Å².